The van der Waals surface area contributed by atoms with Crippen LogP contribution in [-0.2, 0) is 14.3 Å². The van der Waals surface area contributed by atoms with Gasteiger partial charge >= 0.3 is 5.97 Å². The number of amides is 1. The van der Waals surface area contributed by atoms with Gasteiger partial charge in [0.05, 0.1) is 10.8 Å². The molecule has 0 bridgehead atoms. The van der Waals surface area contributed by atoms with Crippen LogP contribution in [0.3, 0.4) is 0 Å². The molecule has 8 heteroatoms. The molecule has 1 saturated carbocycles. The largest absolute Gasteiger partial charge is 0.455 e. The lowest BCUT2D eigenvalue weighted by Crippen LogP contribution is -2.22. The number of halogens is 1. The van der Waals surface area contributed by atoms with E-state index < -0.39 is 23.4 Å². The van der Waals surface area contributed by atoms with Crippen molar-refractivity contribution in [3.63, 3.8) is 0 Å². The lowest BCUT2D eigenvalue weighted by atomic mass is 10.2. The Labute approximate surface area is 125 Å². The first-order valence-electron chi connectivity index (χ1n) is 6.29. The fraction of sp³-hybridized carbons (Fsp3) is 0.385. The molecule has 1 N–H and O–H groups in total. The highest BCUT2D eigenvalue weighted by atomic mass is 35.5. The Hall–Kier alpha value is -2.15. The van der Waals surface area contributed by atoms with E-state index in [2.05, 4.69) is 5.32 Å². The number of nitro benzene ring substituents is 1. The monoisotopic (exact) mass is 312 g/mol. The normalized spacial score (nSPS) is 19.7. The predicted molar refractivity (Wildman–Crippen MR) is 75.0 cm³/mol. The third-order valence-corrected chi connectivity index (χ3v) is 3.42. The molecule has 0 spiro atoms. The Kier molecular flexibility index (Phi) is 4.42. The minimum atomic E-state index is -0.651. The average molecular weight is 313 g/mol. The number of benzene rings is 1. The number of nitrogens with one attached hydrogen (secondary N) is 1. The average Bonchev–Trinajstić information content (AvgIpc) is 3.13. The summed E-state index contributed by atoms with van der Waals surface area (Å²) in [5, 5.41) is 13.4. The molecule has 0 saturated heterocycles. The second kappa shape index (κ2) is 6.09. The first kappa shape index (κ1) is 15.2. The van der Waals surface area contributed by atoms with Crippen LogP contribution in [0.25, 0.3) is 0 Å². The quantitative estimate of drug-likeness (QED) is 0.511. The molecule has 0 aromatic heterocycles. The summed E-state index contributed by atoms with van der Waals surface area (Å²) in [5.74, 6) is -0.923. The second-order valence-corrected chi connectivity index (χ2v) is 5.33. The van der Waals surface area contributed by atoms with E-state index in [0.29, 0.717) is 0 Å². The van der Waals surface area contributed by atoms with Gasteiger partial charge in [-0.3, -0.25) is 19.7 Å². The second-order valence-electron chi connectivity index (χ2n) is 4.89. The highest BCUT2D eigenvalue weighted by molar-refractivity contribution is 6.31. The number of esters is 1. The maximum Gasteiger partial charge on any atom is 0.309 e. The number of carbonyl (C=O) groups excluding carboxylic acids is 2. The molecule has 1 amide bonds. The topological polar surface area (TPSA) is 98.5 Å². The minimum Gasteiger partial charge on any atom is -0.455 e. The fourth-order valence-electron chi connectivity index (χ4n) is 1.85. The molecule has 0 radical (unpaired) electrons. The molecule has 112 valence electrons. The molecule has 21 heavy (non-hydrogen) atoms. The Bertz CT molecular complexity index is 604. The molecule has 2 atom stereocenters. The zero-order valence-corrected chi connectivity index (χ0v) is 11.9. The van der Waals surface area contributed by atoms with Gasteiger partial charge in [-0.2, -0.15) is 0 Å². The summed E-state index contributed by atoms with van der Waals surface area (Å²) in [6.45, 7) is 1.44. The van der Waals surface area contributed by atoms with Gasteiger partial charge in [0.1, 0.15) is 5.69 Å². The lowest BCUT2D eigenvalue weighted by molar-refractivity contribution is -0.383. The van der Waals surface area contributed by atoms with E-state index in [0.717, 1.165) is 6.42 Å². The van der Waals surface area contributed by atoms with Gasteiger partial charge in [0, 0.05) is 11.1 Å². The molecule has 1 aromatic carbocycles. The Morgan fingerprint density at radius 2 is 2.19 bits per heavy atom. The van der Waals surface area contributed by atoms with Crippen molar-refractivity contribution in [1.82, 2.24) is 0 Å². The van der Waals surface area contributed by atoms with Crippen LogP contribution in [0.4, 0.5) is 11.4 Å². The highest BCUT2D eigenvalue weighted by Crippen LogP contribution is 2.38. The van der Waals surface area contributed by atoms with Crippen LogP contribution in [-0.4, -0.2) is 23.4 Å². The van der Waals surface area contributed by atoms with Gasteiger partial charge in [0.2, 0.25) is 0 Å². The Balaban J connectivity index is 1.94. The molecule has 1 aromatic rings. The number of anilines is 1. The molecular formula is C13H13ClN2O5. The van der Waals surface area contributed by atoms with Crippen molar-refractivity contribution in [1.29, 1.82) is 0 Å². The van der Waals surface area contributed by atoms with Crippen LogP contribution in [0.1, 0.15) is 13.3 Å². The van der Waals surface area contributed by atoms with Crippen molar-refractivity contribution in [2.45, 2.75) is 13.3 Å². The molecule has 1 aliphatic carbocycles. The van der Waals surface area contributed by atoms with Crippen molar-refractivity contribution >= 4 is 34.9 Å². The van der Waals surface area contributed by atoms with Crippen LogP contribution in [0.2, 0.25) is 5.02 Å². The molecule has 1 aliphatic rings. The van der Waals surface area contributed by atoms with E-state index in [-0.39, 0.29) is 28.2 Å². The summed E-state index contributed by atoms with van der Waals surface area (Å²) in [6, 6.07) is 3.81. The molecule has 0 unspecified atom stereocenters. The molecular weight excluding hydrogens is 300 g/mol. The minimum absolute atomic E-state index is 0.0339. The van der Waals surface area contributed by atoms with Gasteiger partial charge in [0.25, 0.3) is 11.6 Å². The maximum absolute atomic E-state index is 11.7. The van der Waals surface area contributed by atoms with Gasteiger partial charge in [0.15, 0.2) is 6.61 Å². The van der Waals surface area contributed by atoms with E-state index in [1.165, 1.54) is 18.2 Å². The van der Waals surface area contributed by atoms with Crippen molar-refractivity contribution < 1.29 is 19.2 Å². The molecule has 0 heterocycles. The van der Waals surface area contributed by atoms with Crippen LogP contribution in [0.5, 0.6) is 0 Å². The van der Waals surface area contributed by atoms with Crippen LogP contribution in [0.15, 0.2) is 18.2 Å². The SMILES string of the molecule is C[C@H]1C[C@H]1C(=O)OCC(=O)Nc1cc(Cl)ccc1[N+](=O)[O-]. The smallest absolute Gasteiger partial charge is 0.309 e. The number of hydrogen-bond acceptors (Lipinski definition) is 5. The van der Waals surface area contributed by atoms with Crippen molar-refractivity contribution in [3.8, 4) is 0 Å². The van der Waals surface area contributed by atoms with Crippen LogP contribution >= 0.6 is 11.6 Å². The highest BCUT2D eigenvalue weighted by Gasteiger charge is 2.40. The summed E-state index contributed by atoms with van der Waals surface area (Å²) in [5.41, 5.74) is -0.316. The number of carbonyl (C=O) groups is 2. The molecule has 7 nitrogen and oxygen atoms in total. The zero-order valence-electron chi connectivity index (χ0n) is 11.2. The standard InChI is InChI=1S/C13H13ClN2O5/c1-7-4-9(7)13(18)21-6-12(17)15-10-5-8(14)2-3-11(10)16(19)20/h2-3,5,7,9H,4,6H2,1H3,(H,15,17)/t7-,9+/m0/s1. The van der Waals surface area contributed by atoms with Crippen LogP contribution in [0, 0.1) is 22.0 Å². The number of hydrogen-bond donors (Lipinski definition) is 1. The predicted octanol–water partition coefficient (Wildman–Crippen LogP) is 2.39. The summed E-state index contributed by atoms with van der Waals surface area (Å²) >= 11 is 5.74. The van der Waals surface area contributed by atoms with E-state index in [9.17, 15) is 19.7 Å². The van der Waals surface area contributed by atoms with Gasteiger partial charge in [-0.1, -0.05) is 18.5 Å². The Morgan fingerprint density at radius 3 is 2.76 bits per heavy atom. The summed E-state index contributed by atoms with van der Waals surface area (Å²) in [7, 11) is 0. The molecule has 2 rings (SSSR count). The number of nitrogens with zero attached hydrogens (tertiary/aromatic N) is 1. The number of rotatable bonds is 5. The first-order chi connectivity index (χ1) is 9.88. The van der Waals surface area contributed by atoms with Gasteiger partial charge in [-0.05, 0) is 24.5 Å². The van der Waals surface area contributed by atoms with Crippen molar-refractivity contribution in [2.75, 3.05) is 11.9 Å². The maximum atomic E-state index is 11.7. The van der Waals surface area contributed by atoms with Gasteiger partial charge in [-0.25, -0.2) is 0 Å². The lowest BCUT2D eigenvalue weighted by Gasteiger charge is -2.07. The third kappa shape index (κ3) is 3.91. The molecule has 0 aliphatic heterocycles. The van der Waals surface area contributed by atoms with Crippen LogP contribution < -0.4 is 5.32 Å². The third-order valence-electron chi connectivity index (χ3n) is 3.19. The fourth-order valence-corrected chi connectivity index (χ4v) is 2.02. The number of ether oxygens (including phenoxy) is 1. The van der Waals surface area contributed by atoms with Crippen molar-refractivity contribution in [3.05, 3.63) is 33.3 Å². The summed E-state index contributed by atoms with van der Waals surface area (Å²) in [6.07, 6.45) is 0.764. The van der Waals surface area contributed by atoms with E-state index in [1.807, 2.05) is 6.92 Å². The molecule has 1 fully saturated rings. The van der Waals surface area contributed by atoms with Crippen molar-refractivity contribution in [2.24, 2.45) is 11.8 Å². The van der Waals surface area contributed by atoms with E-state index in [4.69, 9.17) is 16.3 Å². The first-order valence-corrected chi connectivity index (χ1v) is 6.66. The zero-order chi connectivity index (χ0) is 15.6. The summed E-state index contributed by atoms with van der Waals surface area (Å²) < 4.78 is 4.85. The number of nitro groups is 1. The van der Waals surface area contributed by atoms with E-state index in [1.54, 1.807) is 0 Å². The van der Waals surface area contributed by atoms with Gasteiger partial charge in [-0.15, -0.1) is 0 Å². The van der Waals surface area contributed by atoms with E-state index >= 15 is 0 Å². The van der Waals surface area contributed by atoms with Gasteiger partial charge < -0.3 is 10.1 Å². The Morgan fingerprint density at radius 1 is 1.52 bits per heavy atom. The summed E-state index contributed by atoms with van der Waals surface area (Å²) in [4.78, 5) is 33.3.